The minimum absolute atomic E-state index is 0.147. The average molecular weight is 251 g/mol. The highest BCUT2D eigenvalue weighted by Crippen LogP contribution is 2.45. The molecule has 0 bridgehead atoms. The summed E-state index contributed by atoms with van der Waals surface area (Å²) in [5, 5.41) is 14.0. The molecule has 1 atom stereocenters. The first-order valence-corrected chi connectivity index (χ1v) is 6.44. The number of furan rings is 1. The van der Waals surface area contributed by atoms with Gasteiger partial charge < -0.3 is 9.73 Å². The maximum absolute atomic E-state index is 10.7. The summed E-state index contributed by atoms with van der Waals surface area (Å²) >= 11 is 0. The van der Waals surface area contributed by atoms with Crippen LogP contribution < -0.4 is 5.32 Å². The van der Waals surface area contributed by atoms with Gasteiger partial charge in [0.2, 0.25) is 0 Å². The van der Waals surface area contributed by atoms with E-state index in [1.54, 1.807) is 6.07 Å². The molecule has 0 radical (unpaired) electrons. The Morgan fingerprint density at radius 2 is 2.11 bits per heavy atom. The highest BCUT2D eigenvalue weighted by atomic mass is 16.6. The van der Waals surface area contributed by atoms with Gasteiger partial charge in [-0.05, 0) is 24.8 Å². The van der Waals surface area contributed by atoms with Crippen molar-refractivity contribution in [2.75, 3.05) is 26.2 Å². The Kier molecular flexibility index (Phi) is 3.05. The molecule has 3 rings (SSSR count). The van der Waals surface area contributed by atoms with Gasteiger partial charge in [0, 0.05) is 26.2 Å². The van der Waals surface area contributed by atoms with E-state index in [0.717, 1.165) is 31.9 Å². The summed E-state index contributed by atoms with van der Waals surface area (Å²) in [6.45, 7) is 3.92. The van der Waals surface area contributed by atoms with E-state index >= 15 is 0 Å². The molecular formula is C12H17N3O3. The van der Waals surface area contributed by atoms with E-state index in [9.17, 15) is 10.1 Å². The van der Waals surface area contributed by atoms with Gasteiger partial charge in [-0.3, -0.25) is 15.0 Å². The molecule has 18 heavy (non-hydrogen) atoms. The largest absolute Gasteiger partial charge is 0.433 e. The van der Waals surface area contributed by atoms with Gasteiger partial charge in [-0.1, -0.05) is 0 Å². The molecule has 2 heterocycles. The smallest absolute Gasteiger partial charge is 0.404 e. The van der Waals surface area contributed by atoms with Crippen LogP contribution in [0.25, 0.3) is 0 Å². The van der Waals surface area contributed by atoms with Crippen molar-refractivity contribution in [3.05, 3.63) is 28.0 Å². The zero-order chi connectivity index (χ0) is 12.5. The maximum Gasteiger partial charge on any atom is 0.433 e. The third-order valence-electron chi connectivity index (χ3n) is 3.70. The average Bonchev–Trinajstić information content (AvgIpc) is 3.07. The monoisotopic (exact) mass is 251 g/mol. The van der Waals surface area contributed by atoms with Gasteiger partial charge >= 0.3 is 5.88 Å². The zero-order valence-electron chi connectivity index (χ0n) is 10.2. The van der Waals surface area contributed by atoms with Crippen LogP contribution in [0.5, 0.6) is 0 Å². The first kappa shape index (κ1) is 11.7. The van der Waals surface area contributed by atoms with Crippen LogP contribution in [0.2, 0.25) is 0 Å². The molecule has 0 spiro atoms. The quantitative estimate of drug-likeness (QED) is 0.649. The molecule has 0 aromatic carbocycles. The van der Waals surface area contributed by atoms with Gasteiger partial charge in [0.15, 0.2) is 0 Å². The molecule has 1 aromatic heterocycles. The minimum Gasteiger partial charge on any atom is -0.404 e. The van der Waals surface area contributed by atoms with Gasteiger partial charge in [0.1, 0.15) is 10.7 Å². The normalized spacial score (nSPS) is 22.9. The van der Waals surface area contributed by atoms with Crippen LogP contribution in [0, 0.1) is 16.0 Å². The van der Waals surface area contributed by atoms with Crippen LogP contribution in [0.4, 0.5) is 5.88 Å². The lowest BCUT2D eigenvalue weighted by atomic mass is 10.1. The lowest BCUT2D eigenvalue weighted by Gasteiger charge is -2.33. The zero-order valence-corrected chi connectivity index (χ0v) is 10.2. The summed E-state index contributed by atoms with van der Waals surface area (Å²) in [5.74, 6) is 1.21. The van der Waals surface area contributed by atoms with Crippen molar-refractivity contribution >= 4 is 5.88 Å². The van der Waals surface area contributed by atoms with Gasteiger partial charge in [0.25, 0.3) is 0 Å². The highest BCUT2D eigenvalue weighted by molar-refractivity contribution is 5.21. The minimum atomic E-state index is -0.467. The van der Waals surface area contributed by atoms with Gasteiger partial charge in [-0.15, -0.1) is 0 Å². The molecule has 98 valence electrons. The molecule has 1 saturated carbocycles. The van der Waals surface area contributed by atoms with E-state index < -0.39 is 4.92 Å². The van der Waals surface area contributed by atoms with E-state index in [1.807, 2.05) is 0 Å². The summed E-state index contributed by atoms with van der Waals surface area (Å²) in [6, 6.07) is 3.46. The Balaban J connectivity index is 1.81. The second kappa shape index (κ2) is 4.70. The molecule has 1 aliphatic carbocycles. The van der Waals surface area contributed by atoms with Crippen LogP contribution in [0.1, 0.15) is 24.6 Å². The lowest BCUT2D eigenvalue weighted by molar-refractivity contribution is -0.402. The standard InChI is InChI=1S/C12H17N3O3/c16-15(17)11-4-3-10(18-11)12(9-1-2-9)14-7-5-13-6-8-14/h3-4,9,12-13H,1-2,5-8H2/t12-/m1/s1. The molecule has 1 N–H and O–H groups in total. The molecule has 1 saturated heterocycles. The van der Waals surface area contributed by atoms with E-state index in [2.05, 4.69) is 10.2 Å². The predicted octanol–water partition coefficient (Wildman–Crippen LogP) is 1.54. The number of nitrogens with one attached hydrogen (secondary N) is 1. The molecule has 2 aliphatic rings. The number of piperazine rings is 1. The Morgan fingerprint density at radius 1 is 1.39 bits per heavy atom. The Labute approximate surface area is 105 Å². The van der Waals surface area contributed by atoms with Crippen molar-refractivity contribution in [3.63, 3.8) is 0 Å². The van der Waals surface area contributed by atoms with Crippen molar-refractivity contribution in [3.8, 4) is 0 Å². The molecule has 1 aromatic rings. The first-order chi connectivity index (χ1) is 8.75. The fraction of sp³-hybridized carbons (Fsp3) is 0.667. The van der Waals surface area contributed by atoms with Gasteiger partial charge in [0.05, 0.1) is 12.1 Å². The van der Waals surface area contributed by atoms with Crippen molar-refractivity contribution in [1.82, 2.24) is 10.2 Å². The fourth-order valence-corrected chi connectivity index (χ4v) is 2.68. The summed E-state index contributed by atoms with van der Waals surface area (Å²) < 4.78 is 5.40. The van der Waals surface area contributed by atoms with Gasteiger partial charge in [-0.2, -0.15) is 0 Å². The number of hydrogen-bond acceptors (Lipinski definition) is 5. The highest BCUT2D eigenvalue weighted by Gasteiger charge is 2.39. The maximum atomic E-state index is 10.7. The number of rotatable bonds is 4. The Morgan fingerprint density at radius 3 is 2.67 bits per heavy atom. The molecule has 0 amide bonds. The van der Waals surface area contributed by atoms with Crippen LogP contribution in [-0.2, 0) is 0 Å². The van der Waals surface area contributed by atoms with Gasteiger partial charge in [-0.25, -0.2) is 0 Å². The van der Waals surface area contributed by atoms with Crippen molar-refractivity contribution in [2.24, 2.45) is 5.92 Å². The molecule has 2 fully saturated rings. The van der Waals surface area contributed by atoms with Crippen LogP contribution >= 0.6 is 0 Å². The van der Waals surface area contributed by atoms with E-state index in [1.165, 1.54) is 18.9 Å². The number of nitrogens with zero attached hydrogens (tertiary/aromatic N) is 2. The number of nitro groups is 1. The number of hydrogen-bond donors (Lipinski definition) is 1. The molecular weight excluding hydrogens is 234 g/mol. The van der Waals surface area contributed by atoms with Crippen molar-refractivity contribution in [2.45, 2.75) is 18.9 Å². The third kappa shape index (κ3) is 2.26. The van der Waals surface area contributed by atoms with Crippen LogP contribution in [0.3, 0.4) is 0 Å². The third-order valence-corrected chi connectivity index (χ3v) is 3.70. The summed E-state index contributed by atoms with van der Waals surface area (Å²) in [6.07, 6.45) is 2.40. The SMILES string of the molecule is O=[N+]([O-])c1ccc([C@@H](C2CC2)N2CCNCC2)o1. The Bertz CT molecular complexity index is 436. The fourth-order valence-electron chi connectivity index (χ4n) is 2.68. The molecule has 1 aliphatic heterocycles. The second-order valence-electron chi connectivity index (χ2n) is 5.00. The first-order valence-electron chi connectivity index (χ1n) is 6.44. The van der Waals surface area contributed by atoms with E-state index in [-0.39, 0.29) is 11.9 Å². The second-order valence-corrected chi connectivity index (χ2v) is 5.00. The van der Waals surface area contributed by atoms with E-state index in [4.69, 9.17) is 4.42 Å². The summed E-state index contributed by atoms with van der Waals surface area (Å²) in [5.41, 5.74) is 0. The van der Waals surface area contributed by atoms with Crippen molar-refractivity contribution in [1.29, 1.82) is 0 Å². The topological polar surface area (TPSA) is 71.6 Å². The Hall–Kier alpha value is -1.40. The molecule has 6 nitrogen and oxygen atoms in total. The van der Waals surface area contributed by atoms with E-state index in [0.29, 0.717) is 5.92 Å². The molecule has 6 heteroatoms. The predicted molar refractivity (Wildman–Crippen MR) is 65.3 cm³/mol. The lowest BCUT2D eigenvalue weighted by Crippen LogP contribution is -2.45. The molecule has 0 unspecified atom stereocenters. The summed E-state index contributed by atoms with van der Waals surface area (Å²) in [4.78, 5) is 12.6. The van der Waals surface area contributed by atoms with Crippen LogP contribution in [-0.4, -0.2) is 36.0 Å². The van der Waals surface area contributed by atoms with Crippen LogP contribution in [0.15, 0.2) is 16.5 Å². The van der Waals surface area contributed by atoms with Crippen molar-refractivity contribution < 1.29 is 9.34 Å². The summed E-state index contributed by atoms with van der Waals surface area (Å²) in [7, 11) is 0.